The van der Waals surface area contributed by atoms with Crippen LogP contribution in [0.15, 0.2) is 36.9 Å². The minimum atomic E-state index is -0.609. The summed E-state index contributed by atoms with van der Waals surface area (Å²) in [6.45, 7) is 4.12. The molecule has 0 aliphatic heterocycles. The fourth-order valence-electron chi connectivity index (χ4n) is 1.22. The third-order valence-corrected chi connectivity index (χ3v) is 2.04. The number of ether oxygens (including phenoxy) is 1. The van der Waals surface area contributed by atoms with Crippen LogP contribution >= 0.6 is 12.4 Å². The maximum absolute atomic E-state index is 9.27. The van der Waals surface area contributed by atoms with Gasteiger partial charge in [0.2, 0.25) is 0 Å². The predicted molar refractivity (Wildman–Crippen MR) is 68.1 cm³/mol. The lowest BCUT2D eigenvalue weighted by atomic mass is 10.1. The summed E-state index contributed by atoms with van der Waals surface area (Å²) in [7, 11) is 0. The molecule has 0 aromatic heterocycles. The smallest absolute Gasteiger partial charge is 0.122 e. The second kappa shape index (κ2) is 8.16. The van der Waals surface area contributed by atoms with Crippen LogP contribution in [0.2, 0.25) is 0 Å². The number of benzene rings is 1. The summed E-state index contributed by atoms with van der Waals surface area (Å²) in [5.41, 5.74) is 6.35. The van der Waals surface area contributed by atoms with Crippen LogP contribution in [0.25, 0.3) is 0 Å². The van der Waals surface area contributed by atoms with Gasteiger partial charge in [-0.1, -0.05) is 24.3 Å². The molecule has 0 fully saturated rings. The van der Waals surface area contributed by atoms with Crippen molar-refractivity contribution in [3.63, 3.8) is 0 Å². The zero-order chi connectivity index (χ0) is 11.1. The summed E-state index contributed by atoms with van der Waals surface area (Å²) in [5, 5.41) is 9.27. The van der Waals surface area contributed by atoms with Crippen LogP contribution in [-0.2, 0) is 6.42 Å². The first-order valence-electron chi connectivity index (χ1n) is 4.97. The monoisotopic (exact) mass is 243 g/mol. The van der Waals surface area contributed by atoms with Crippen LogP contribution in [0.5, 0.6) is 5.75 Å². The molecule has 0 bridgehead atoms. The summed E-state index contributed by atoms with van der Waals surface area (Å²) in [4.78, 5) is 0. The highest BCUT2D eigenvalue weighted by molar-refractivity contribution is 5.85. The summed E-state index contributed by atoms with van der Waals surface area (Å²) in [6, 6.07) is 7.70. The van der Waals surface area contributed by atoms with Crippen molar-refractivity contribution in [1.82, 2.24) is 0 Å². The van der Waals surface area contributed by atoms with Crippen LogP contribution in [0.1, 0.15) is 5.56 Å². The van der Waals surface area contributed by atoms with Gasteiger partial charge < -0.3 is 15.6 Å². The lowest BCUT2D eigenvalue weighted by Crippen LogP contribution is -2.26. The molecule has 1 rings (SSSR count). The highest BCUT2D eigenvalue weighted by atomic mass is 35.5. The number of hydrogen-bond donors (Lipinski definition) is 2. The zero-order valence-electron chi connectivity index (χ0n) is 9.13. The maximum Gasteiger partial charge on any atom is 0.122 e. The normalized spacial score (nSPS) is 11.4. The van der Waals surface area contributed by atoms with E-state index in [9.17, 15) is 5.11 Å². The summed E-state index contributed by atoms with van der Waals surface area (Å²) >= 11 is 0. The van der Waals surface area contributed by atoms with Crippen molar-refractivity contribution in [1.29, 1.82) is 0 Å². The first-order chi connectivity index (χ1) is 7.27. The van der Waals surface area contributed by atoms with Crippen LogP contribution in [0, 0.1) is 0 Å². The number of nitrogens with two attached hydrogens (primary N) is 1. The van der Waals surface area contributed by atoms with Gasteiger partial charge in [-0.05, 0) is 18.1 Å². The van der Waals surface area contributed by atoms with Gasteiger partial charge >= 0.3 is 0 Å². The Labute approximate surface area is 102 Å². The van der Waals surface area contributed by atoms with Crippen molar-refractivity contribution < 1.29 is 9.84 Å². The van der Waals surface area contributed by atoms with E-state index in [1.807, 2.05) is 30.3 Å². The maximum atomic E-state index is 9.27. The van der Waals surface area contributed by atoms with Crippen molar-refractivity contribution in [2.24, 2.45) is 5.73 Å². The van der Waals surface area contributed by atoms with E-state index in [1.54, 1.807) is 0 Å². The molecule has 0 aliphatic rings. The molecular formula is C12H18ClNO2. The van der Waals surface area contributed by atoms with Gasteiger partial charge in [0.1, 0.15) is 18.5 Å². The van der Waals surface area contributed by atoms with Gasteiger partial charge in [0.25, 0.3) is 0 Å². The molecule has 0 amide bonds. The fraction of sp³-hybridized carbons (Fsp3) is 0.333. The molecule has 0 saturated heterocycles. The summed E-state index contributed by atoms with van der Waals surface area (Å²) < 4.78 is 5.46. The van der Waals surface area contributed by atoms with Crippen LogP contribution < -0.4 is 10.5 Å². The van der Waals surface area contributed by atoms with Gasteiger partial charge in [-0.15, -0.1) is 19.0 Å². The number of para-hydroxylation sites is 1. The van der Waals surface area contributed by atoms with Gasteiger partial charge in [0.05, 0.1) is 0 Å². The van der Waals surface area contributed by atoms with E-state index in [-0.39, 0.29) is 25.6 Å². The van der Waals surface area contributed by atoms with Gasteiger partial charge in [0, 0.05) is 6.54 Å². The zero-order valence-corrected chi connectivity index (χ0v) is 9.95. The summed E-state index contributed by atoms with van der Waals surface area (Å²) in [5.74, 6) is 0.782. The Kier molecular flexibility index (Phi) is 7.64. The fourth-order valence-corrected chi connectivity index (χ4v) is 1.22. The molecule has 1 unspecified atom stereocenters. The second-order valence-electron chi connectivity index (χ2n) is 3.30. The first kappa shape index (κ1) is 15.0. The van der Waals surface area contributed by atoms with E-state index >= 15 is 0 Å². The standard InChI is InChI=1S/C12H17NO2.ClH/c1-2-5-10-6-3-4-7-12(10)15-9-11(14)8-13;/h2-4,6-7,11,14H,1,5,8-9,13H2;1H. The average Bonchev–Trinajstić information content (AvgIpc) is 2.28. The number of allylic oxidation sites excluding steroid dienone is 1. The van der Waals surface area contributed by atoms with E-state index in [0.29, 0.717) is 0 Å². The molecule has 4 heteroatoms. The molecule has 1 atom stereocenters. The van der Waals surface area contributed by atoms with Crippen LogP contribution in [-0.4, -0.2) is 24.4 Å². The molecule has 3 nitrogen and oxygen atoms in total. The second-order valence-corrected chi connectivity index (χ2v) is 3.30. The third kappa shape index (κ3) is 4.66. The van der Waals surface area contributed by atoms with E-state index < -0.39 is 6.10 Å². The van der Waals surface area contributed by atoms with E-state index in [1.165, 1.54) is 0 Å². The number of aliphatic hydroxyl groups is 1. The van der Waals surface area contributed by atoms with Crippen molar-refractivity contribution in [2.75, 3.05) is 13.2 Å². The van der Waals surface area contributed by atoms with E-state index in [2.05, 4.69) is 6.58 Å². The van der Waals surface area contributed by atoms with Crippen molar-refractivity contribution in [3.05, 3.63) is 42.5 Å². The third-order valence-electron chi connectivity index (χ3n) is 2.04. The quantitative estimate of drug-likeness (QED) is 0.746. The molecule has 0 radical (unpaired) electrons. The van der Waals surface area contributed by atoms with Gasteiger partial charge in [-0.3, -0.25) is 0 Å². The lowest BCUT2D eigenvalue weighted by Gasteiger charge is -2.12. The molecule has 1 aromatic carbocycles. The SMILES string of the molecule is C=CCc1ccccc1OCC(O)CN.Cl. The van der Waals surface area contributed by atoms with Crippen molar-refractivity contribution >= 4 is 12.4 Å². The topological polar surface area (TPSA) is 55.5 Å². The molecule has 16 heavy (non-hydrogen) atoms. The Morgan fingerprint density at radius 3 is 2.75 bits per heavy atom. The number of halogens is 1. The van der Waals surface area contributed by atoms with Crippen LogP contribution in [0.4, 0.5) is 0 Å². The van der Waals surface area contributed by atoms with Crippen molar-refractivity contribution in [2.45, 2.75) is 12.5 Å². The van der Waals surface area contributed by atoms with Crippen molar-refractivity contribution in [3.8, 4) is 5.75 Å². The Bertz CT molecular complexity index is 318. The summed E-state index contributed by atoms with van der Waals surface area (Å²) in [6.07, 6.45) is 1.97. The highest BCUT2D eigenvalue weighted by Crippen LogP contribution is 2.18. The highest BCUT2D eigenvalue weighted by Gasteiger charge is 2.04. The lowest BCUT2D eigenvalue weighted by molar-refractivity contribution is 0.113. The molecule has 0 heterocycles. The Balaban J connectivity index is 0.00000225. The molecule has 0 spiro atoms. The number of hydrogen-bond acceptors (Lipinski definition) is 3. The van der Waals surface area contributed by atoms with Gasteiger partial charge in [-0.25, -0.2) is 0 Å². The minimum absolute atomic E-state index is 0. The van der Waals surface area contributed by atoms with Crippen LogP contribution in [0.3, 0.4) is 0 Å². The molecular weight excluding hydrogens is 226 g/mol. The molecule has 3 N–H and O–H groups in total. The Hall–Kier alpha value is -1.03. The minimum Gasteiger partial charge on any atom is -0.491 e. The number of rotatable bonds is 6. The predicted octanol–water partition coefficient (Wildman–Crippen LogP) is 1.54. The van der Waals surface area contributed by atoms with E-state index in [0.717, 1.165) is 17.7 Å². The Morgan fingerprint density at radius 2 is 2.12 bits per heavy atom. The Morgan fingerprint density at radius 1 is 1.44 bits per heavy atom. The molecule has 1 aromatic rings. The van der Waals surface area contributed by atoms with E-state index in [4.69, 9.17) is 10.5 Å². The average molecular weight is 244 g/mol. The largest absolute Gasteiger partial charge is 0.491 e. The van der Waals surface area contributed by atoms with Gasteiger partial charge in [-0.2, -0.15) is 0 Å². The molecule has 90 valence electrons. The molecule has 0 aliphatic carbocycles. The number of aliphatic hydroxyl groups excluding tert-OH is 1. The van der Waals surface area contributed by atoms with Gasteiger partial charge in [0.15, 0.2) is 0 Å². The first-order valence-corrected chi connectivity index (χ1v) is 4.97. The molecule has 0 saturated carbocycles.